The molecule has 5 nitrogen and oxygen atoms in total. The Labute approximate surface area is 129 Å². The molecule has 3 rings (SSSR count). The number of methoxy groups -OCH3 is 1. The number of esters is 1. The molecule has 0 bridgehead atoms. The number of carbonyl (C=O) groups excluding carboxylic acids is 1. The van der Waals surface area contributed by atoms with E-state index in [4.69, 9.17) is 10.00 Å². The van der Waals surface area contributed by atoms with Gasteiger partial charge in [-0.15, -0.1) is 0 Å². The third kappa shape index (κ3) is 2.27. The van der Waals surface area contributed by atoms with Crippen LogP contribution in [0.4, 0.5) is 0 Å². The lowest BCUT2D eigenvalue weighted by Crippen LogP contribution is -2.25. The van der Waals surface area contributed by atoms with E-state index >= 15 is 0 Å². The fraction of sp³-hybridized carbons (Fsp3) is 0.353. The molecule has 1 unspecified atom stereocenters. The molecule has 1 heterocycles. The maximum Gasteiger partial charge on any atom is 0.318 e. The fourth-order valence-electron chi connectivity index (χ4n) is 3.06. The molecule has 22 heavy (non-hydrogen) atoms. The van der Waals surface area contributed by atoms with Crippen molar-refractivity contribution in [2.24, 2.45) is 5.92 Å². The first-order chi connectivity index (χ1) is 10.7. The number of carbonyl (C=O) groups is 1. The summed E-state index contributed by atoms with van der Waals surface area (Å²) in [6.45, 7) is 0. The summed E-state index contributed by atoms with van der Waals surface area (Å²) in [7, 11) is 1.40. The number of benzene rings is 1. The minimum Gasteiger partial charge on any atom is -0.468 e. The minimum atomic E-state index is -0.675. The van der Waals surface area contributed by atoms with Crippen LogP contribution in [0.5, 0.6) is 0 Å². The van der Waals surface area contributed by atoms with E-state index in [2.05, 4.69) is 11.1 Å². The summed E-state index contributed by atoms with van der Waals surface area (Å²) < 4.78 is 6.89. The van der Waals surface area contributed by atoms with Crippen LogP contribution in [0, 0.1) is 17.2 Å². The summed E-state index contributed by atoms with van der Waals surface area (Å²) >= 11 is 0. The Morgan fingerprint density at radius 1 is 1.50 bits per heavy atom. The highest BCUT2D eigenvalue weighted by Crippen LogP contribution is 2.56. The number of rotatable bonds is 5. The van der Waals surface area contributed by atoms with Crippen molar-refractivity contribution < 1.29 is 9.53 Å². The molecule has 1 fully saturated rings. The second-order valence-electron chi connectivity index (χ2n) is 5.56. The Balaban J connectivity index is 1.90. The van der Waals surface area contributed by atoms with Crippen molar-refractivity contribution in [2.45, 2.75) is 24.7 Å². The second kappa shape index (κ2) is 5.64. The molecular formula is C17H17N3O2. The highest BCUT2D eigenvalue weighted by atomic mass is 16.5. The maximum atomic E-state index is 12.3. The SMILES string of the molecule is COC(=O)C1(c2cn(-c3ccccc3)cn2)C[C@@H]1CCC#N. The van der Waals surface area contributed by atoms with Crippen LogP contribution in [0.15, 0.2) is 42.9 Å². The lowest BCUT2D eigenvalue weighted by molar-refractivity contribution is -0.144. The summed E-state index contributed by atoms with van der Waals surface area (Å²) in [5.41, 5.74) is 1.05. The first kappa shape index (κ1) is 14.3. The molecule has 0 radical (unpaired) electrons. The van der Waals surface area contributed by atoms with E-state index in [1.807, 2.05) is 41.1 Å². The van der Waals surface area contributed by atoms with Gasteiger partial charge in [-0.3, -0.25) is 4.79 Å². The molecule has 0 amide bonds. The summed E-state index contributed by atoms with van der Waals surface area (Å²) in [4.78, 5) is 16.7. The van der Waals surface area contributed by atoms with Crippen molar-refractivity contribution in [3.05, 3.63) is 48.5 Å². The van der Waals surface area contributed by atoms with Crippen LogP contribution in [0.3, 0.4) is 0 Å². The predicted molar refractivity (Wildman–Crippen MR) is 80.2 cm³/mol. The molecule has 2 aromatic rings. The molecule has 2 atom stereocenters. The van der Waals surface area contributed by atoms with E-state index < -0.39 is 5.41 Å². The van der Waals surface area contributed by atoms with Crippen LogP contribution >= 0.6 is 0 Å². The topological polar surface area (TPSA) is 67.9 Å². The smallest absolute Gasteiger partial charge is 0.318 e. The number of hydrogen-bond acceptors (Lipinski definition) is 4. The van der Waals surface area contributed by atoms with Crippen molar-refractivity contribution in [3.8, 4) is 11.8 Å². The van der Waals surface area contributed by atoms with Gasteiger partial charge in [-0.1, -0.05) is 18.2 Å². The van der Waals surface area contributed by atoms with E-state index in [1.165, 1.54) is 7.11 Å². The predicted octanol–water partition coefficient (Wildman–Crippen LogP) is 2.61. The first-order valence-electron chi connectivity index (χ1n) is 7.27. The van der Waals surface area contributed by atoms with Gasteiger partial charge in [-0.05, 0) is 30.9 Å². The van der Waals surface area contributed by atoms with Crippen molar-refractivity contribution >= 4 is 5.97 Å². The van der Waals surface area contributed by atoms with Crippen LogP contribution in [-0.4, -0.2) is 22.6 Å². The molecule has 0 spiro atoms. The van der Waals surface area contributed by atoms with Crippen LogP contribution in [0.1, 0.15) is 25.0 Å². The standard InChI is InChI=1S/C17H17N3O2/c1-22-16(21)17(10-13(17)6-5-9-18)15-11-20(12-19-15)14-7-3-2-4-8-14/h2-4,7-8,11-13H,5-6,10H2,1H3/t13-,17?/m0/s1. The molecule has 5 heteroatoms. The Morgan fingerprint density at radius 2 is 2.27 bits per heavy atom. The van der Waals surface area contributed by atoms with E-state index in [1.54, 1.807) is 6.33 Å². The van der Waals surface area contributed by atoms with Crippen molar-refractivity contribution in [1.29, 1.82) is 5.26 Å². The van der Waals surface area contributed by atoms with Crippen molar-refractivity contribution in [3.63, 3.8) is 0 Å². The number of nitriles is 1. The molecule has 1 aliphatic rings. The Bertz CT molecular complexity index is 717. The third-order valence-corrected chi connectivity index (χ3v) is 4.35. The normalized spacial score (nSPS) is 22.8. The molecule has 1 aliphatic carbocycles. The number of imidazole rings is 1. The number of hydrogen-bond donors (Lipinski definition) is 0. The quantitative estimate of drug-likeness (QED) is 0.795. The average Bonchev–Trinajstić information content (AvgIpc) is 3.08. The van der Waals surface area contributed by atoms with Gasteiger partial charge in [0.1, 0.15) is 5.41 Å². The summed E-state index contributed by atoms with van der Waals surface area (Å²) in [6.07, 6.45) is 5.45. The van der Waals surface area contributed by atoms with Gasteiger partial charge in [0.2, 0.25) is 0 Å². The minimum absolute atomic E-state index is 0.138. The lowest BCUT2D eigenvalue weighted by atomic mass is 9.98. The number of ether oxygens (including phenoxy) is 1. The van der Waals surface area contributed by atoms with Gasteiger partial charge >= 0.3 is 5.97 Å². The Kier molecular flexibility index (Phi) is 3.68. The Morgan fingerprint density at radius 3 is 2.95 bits per heavy atom. The van der Waals surface area contributed by atoms with Gasteiger partial charge in [0.25, 0.3) is 0 Å². The molecule has 112 valence electrons. The van der Waals surface area contributed by atoms with Gasteiger partial charge < -0.3 is 9.30 Å². The molecule has 1 aromatic carbocycles. The average molecular weight is 295 g/mol. The Hall–Kier alpha value is -2.61. The van der Waals surface area contributed by atoms with Crippen LogP contribution in [-0.2, 0) is 14.9 Å². The van der Waals surface area contributed by atoms with Gasteiger partial charge in [-0.25, -0.2) is 4.98 Å². The zero-order valence-electron chi connectivity index (χ0n) is 12.4. The number of para-hydroxylation sites is 1. The first-order valence-corrected chi connectivity index (χ1v) is 7.27. The van der Waals surface area contributed by atoms with Gasteiger partial charge in [0.15, 0.2) is 0 Å². The van der Waals surface area contributed by atoms with E-state index in [9.17, 15) is 4.79 Å². The van der Waals surface area contributed by atoms with Gasteiger partial charge in [0, 0.05) is 18.3 Å². The maximum absolute atomic E-state index is 12.3. The molecule has 1 aromatic heterocycles. The monoisotopic (exact) mass is 295 g/mol. The molecule has 0 aliphatic heterocycles. The van der Waals surface area contributed by atoms with Gasteiger partial charge in [0.05, 0.1) is 25.2 Å². The number of aromatic nitrogens is 2. The third-order valence-electron chi connectivity index (χ3n) is 4.35. The highest BCUT2D eigenvalue weighted by Gasteiger charge is 2.63. The van der Waals surface area contributed by atoms with Gasteiger partial charge in [-0.2, -0.15) is 5.26 Å². The second-order valence-corrected chi connectivity index (χ2v) is 5.56. The van der Waals surface area contributed by atoms with Crippen LogP contribution in [0.2, 0.25) is 0 Å². The summed E-state index contributed by atoms with van der Waals surface area (Å²) in [6, 6.07) is 12.0. The molecular weight excluding hydrogens is 278 g/mol. The number of nitrogens with zero attached hydrogens (tertiary/aromatic N) is 3. The summed E-state index contributed by atoms with van der Waals surface area (Å²) in [5, 5.41) is 8.75. The zero-order chi connectivity index (χ0) is 15.6. The van der Waals surface area contributed by atoms with E-state index in [0.717, 1.165) is 11.4 Å². The van der Waals surface area contributed by atoms with Crippen molar-refractivity contribution in [2.75, 3.05) is 7.11 Å². The van der Waals surface area contributed by atoms with Crippen LogP contribution in [0.25, 0.3) is 5.69 Å². The summed E-state index contributed by atoms with van der Waals surface area (Å²) in [5.74, 6) is -0.118. The lowest BCUT2D eigenvalue weighted by Gasteiger charge is -2.12. The van der Waals surface area contributed by atoms with Crippen molar-refractivity contribution in [1.82, 2.24) is 9.55 Å². The fourth-order valence-corrected chi connectivity index (χ4v) is 3.06. The van der Waals surface area contributed by atoms with Crippen LogP contribution < -0.4 is 0 Å². The molecule has 0 N–H and O–H groups in total. The molecule has 1 saturated carbocycles. The molecule has 0 saturated heterocycles. The highest BCUT2D eigenvalue weighted by molar-refractivity contribution is 5.86. The zero-order valence-corrected chi connectivity index (χ0v) is 12.4. The van der Waals surface area contributed by atoms with E-state index in [0.29, 0.717) is 19.3 Å². The van der Waals surface area contributed by atoms with E-state index in [-0.39, 0.29) is 11.9 Å². The largest absolute Gasteiger partial charge is 0.468 e.